The molecule has 1 rings (SSSR count). The van der Waals surface area contributed by atoms with Crippen molar-refractivity contribution < 1.29 is 14.7 Å². The molecule has 0 aromatic heterocycles. The van der Waals surface area contributed by atoms with Crippen molar-refractivity contribution in [2.24, 2.45) is 5.92 Å². The summed E-state index contributed by atoms with van der Waals surface area (Å²) in [5.41, 5.74) is 0. The highest BCUT2D eigenvalue weighted by atomic mass is 16.9. The number of carbonyl (C=O) groups excluding carboxylic acids is 1. The maximum absolute atomic E-state index is 10.9. The Balaban J connectivity index is 2.14. The molecule has 6 heteroatoms. The summed E-state index contributed by atoms with van der Waals surface area (Å²) in [5.74, 6) is 0.274. The first-order valence-corrected chi connectivity index (χ1v) is 4.97. The van der Waals surface area contributed by atoms with Crippen molar-refractivity contribution in [2.45, 2.75) is 19.3 Å². The van der Waals surface area contributed by atoms with Gasteiger partial charge < -0.3 is 9.74 Å². The van der Waals surface area contributed by atoms with Gasteiger partial charge in [-0.05, 0) is 25.2 Å². The Labute approximate surface area is 88.3 Å². The van der Waals surface area contributed by atoms with Gasteiger partial charge in [-0.3, -0.25) is 4.79 Å². The SMILES string of the molecule is [CH2]C(=O)N1CCC(CCO[N+](=O)[O-])CC1. The zero-order valence-corrected chi connectivity index (χ0v) is 8.55. The van der Waals surface area contributed by atoms with E-state index < -0.39 is 5.09 Å². The quantitative estimate of drug-likeness (QED) is 0.510. The standard InChI is InChI=1S/C9H15N2O4/c1-8(12)10-5-2-9(3-6-10)4-7-15-11(13)14/h9H,1-7H2. The molecule has 0 spiro atoms. The Hall–Kier alpha value is -1.33. The normalized spacial score (nSPS) is 17.5. The van der Waals surface area contributed by atoms with E-state index in [0.717, 1.165) is 12.8 Å². The zero-order chi connectivity index (χ0) is 11.3. The fraction of sp³-hybridized carbons (Fsp3) is 0.778. The van der Waals surface area contributed by atoms with Crippen molar-refractivity contribution >= 4 is 5.91 Å². The van der Waals surface area contributed by atoms with Gasteiger partial charge in [0.1, 0.15) is 0 Å². The van der Waals surface area contributed by atoms with Crippen molar-refractivity contribution in [1.82, 2.24) is 4.90 Å². The highest BCUT2D eigenvalue weighted by molar-refractivity contribution is 5.80. The van der Waals surface area contributed by atoms with Crippen LogP contribution in [0, 0.1) is 23.0 Å². The predicted molar refractivity (Wildman–Crippen MR) is 52.2 cm³/mol. The average Bonchev–Trinajstić information content (AvgIpc) is 2.18. The Bertz CT molecular complexity index is 234. The zero-order valence-electron chi connectivity index (χ0n) is 8.55. The summed E-state index contributed by atoms with van der Waals surface area (Å²) in [5, 5.41) is 9.14. The lowest BCUT2D eigenvalue weighted by Crippen LogP contribution is -2.37. The number of nitrogens with zero attached hydrogens (tertiary/aromatic N) is 2. The van der Waals surface area contributed by atoms with Crippen LogP contribution in [0.1, 0.15) is 19.3 Å². The number of hydrogen-bond donors (Lipinski definition) is 0. The second kappa shape index (κ2) is 5.53. The molecule has 1 aliphatic heterocycles. The highest BCUT2D eigenvalue weighted by Crippen LogP contribution is 2.20. The molecule has 1 fully saturated rings. The summed E-state index contributed by atoms with van der Waals surface area (Å²) >= 11 is 0. The number of carbonyl (C=O) groups is 1. The Morgan fingerprint density at radius 1 is 1.53 bits per heavy atom. The summed E-state index contributed by atoms with van der Waals surface area (Å²) < 4.78 is 0. The molecule has 0 aromatic carbocycles. The third-order valence-corrected chi connectivity index (χ3v) is 2.69. The summed E-state index contributed by atoms with van der Waals surface area (Å²) in [6, 6.07) is 0. The minimum Gasteiger partial charge on any atom is -0.343 e. The third-order valence-electron chi connectivity index (χ3n) is 2.69. The minimum absolute atomic E-state index is 0.144. The van der Waals surface area contributed by atoms with Crippen molar-refractivity contribution in [3.63, 3.8) is 0 Å². The minimum atomic E-state index is -0.769. The van der Waals surface area contributed by atoms with Crippen molar-refractivity contribution in [2.75, 3.05) is 19.7 Å². The van der Waals surface area contributed by atoms with Gasteiger partial charge in [-0.1, -0.05) is 0 Å². The monoisotopic (exact) mass is 215 g/mol. The topological polar surface area (TPSA) is 72.7 Å². The molecule has 0 saturated carbocycles. The van der Waals surface area contributed by atoms with Crippen LogP contribution in [0.5, 0.6) is 0 Å². The largest absolute Gasteiger partial charge is 0.343 e. The predicted octanol–water partition coefficient (Wildman–Crippen LogP) is 0.657. The smallest absolute Gasteiger partial charge is 0.294 e. The van der Waals surface area contributed by atoms with Gasteiger partial charge in [0, 0.05) is 20.0 Å². The van der Waals surface area contributed by atoms with Crippen LogP contribution in [0.4, 0.5) is 0 Å². The molecule has 1 amide bonds. The summed E-state index contributed by atoms with van der Waals surface area (Å²) in [6.45, 7) is 4.89. The van der Waals surface area contributed by atoms with Gasteiger partial charge in [0.25, 0.3) is 5.09 Å². The lowest BCUT2D eigenvalue weighted by Gasteiger charge is -2.30. The number of piperidine rings is 1. The highest BCUT2D eigenvalue weighted by Gasteiger charge is 2.20. The Kier molecular flexibility index (Phi) is 4.33. The molecule has 6 nitrogen and oxygen atoms in total. The second-order valence-electron chi connectivity index (χ2n) is 3.67. The molecule has 1 aliphatic rings. The van der Waals surface area contributed by atoms with Crippen LogP contribution >= 0.6 is 0 Å². The first-order chi connectivity index (χ1) is 7.09. The molecule has 1 saturated heterocycles. The van der Waals surface area contributed by atoms with Crippen molar-refractivity contribution in [3.05, 3.63) is 17.0 Å². The molecule has 1 heterocycles. The first kappa shape index (κ1) is 11.7. The first-order valence-electron chi connectivity index (χ1n) is 4.97. The summed E-state index contributed by atoms with van der Waals surface area (Å²) in [6.07, 6.45) is 2.44. The Morgan fingerprint density at radius 2 is 2.13 bits per heavy atom. The molecule has 0 atom stereocenters. The second-order valence-corrected chi connectivity index (χ2v) is 3.67. The van der Waals surface area contributed by atoms with Crippen LogP contribution in [0.2, 0.25) is 0 Å². The number of amides is 1. The van der Waals surface area contributed by atoms with E-state index in [9.17, 15) is 14.9 Å². The summed E-state index contributed by atoms with van der Waals surface area (Å²) in [4.78, 5) is 26.8. The molecule has 85 valence electrons. The van der Waals surface area contributed by atoms with Gasteiger partial charge in [-0.25, -0.2) is 0 Å². The van der Waals surface area contributed by atoms with Gasteiger partial charge in [-0.2, -0.15) is 0 Å². The average molecular weight is 215 g/mol. The van der Waals surface area contributed by atoms with E-state index in [4.69, 9.17) is 0 Å². The molecule has 0 unspecified atom stereocenters. The number of rotatable bonds is 4. The molecular formula is C9H15N2O4. The van der Waals surface area contributed by atoms with E-state index >= 15 is 0 Å². The maximum atomic E-state index is 10.9. The van der Waals surface area contributed by atoms with E-state index in [1.807, 2.05) is 0 Å². The van der Waals surface area contributed by atoms with E-state index in [2.05, 4.69) is 11.8 Å². The fourth-order valence-corrected chi connectivity index (χ4v) is 1.76. The van der Waals surface area contributed by atoms with Crippen molar-refractivity contribution in [3.8, 4) is 0 Å². The van der Waals surface area contributed by atoms with E-state index in [0.29, 0.717) is 25.4 Å². The number of hydrogen-bond acceptors (Lipinski definition) is 4. The van der Waals surface area contributed by atoms with Gasteiger partial charge in [-0.15, -0.1) is 10.1 Å². The van der Waals surface area contributed by atoms with E-state index in [1.165, 1.54) is 0 Å². The van der Waals surface area contributed by atoms with Crippen molar-refractivity contribution in [1.29, 1.82) is 0 Å². The van der Waals surface area contributed by atoms with E-state index in [1.54, 1.807) is 4.90 Å². The van der Waals surface area contributed by atoms with E-state index in [-0.39, 0.29) is 12.5 Å². The molecule has 0 aromatic rings. The summed E-state index contributed by atoms with van der Waals surface area (Å²) in [7, 11) is 0. The van der Waals surface area contributed by atoms with Crippen LogP contribution in [0.3, 0.4) is 0 Å². The molecule has 0 aliphatic carbocycles. The molecule has 15 heavy (non-hydrogen) atoms. The molecular weight excluding hydrogens is 200 g/mol. The number of likely N-dealkylation sites (tertiary alicyclic amines) is 1. The van der Waals surface area contributed by atoms with Crippen LogP contribution < -0.4 is 0 Å². The van der Waals surface area contributed by atoms with Crippen LogP contribution in [-0.4, -0.2) is 35.6 Å². The lowest BCUT2D eigenvalue weighted by molar-refractivity contribution is -0.758. The molecule has 0 bridgehead atoms. The van der Waals surface area contributed by atoms with Gasteiger partial charge >= 0.3 is 0 Å². The van der Waals surface area contributed by atoms with Gasteiger partial charge in [0.15, 0.2) is 0 Å². The Morgan fingerprint density at radius 3 is 2.60 bits per heavy atom. The van der Waals surface area contributed by atoms with Crippen LogP contribution in [0.25, 0.3) is 0 Å². The van der Waals surface area contributed by atoms with Crippen LogP contribution in [0.15, 0.2) is 0 Å². The molecule has 0 N–H and O–H groups in total. The fourth-order valence-electron chi connectivity index (χ4n) is 1.76. The van der Waals surface area contributed by atoms with Gasteiger partial charge in [0.2, 0.25) is 5.91 Å². The molecule has 1 radical (unpaired) electrons. The third kappa shape index (κ3) is 4.14. The lowest BCUT2D eigenvalue weighted by atomic mass is 9.94. The maximum Gasteiger partial charge on any atom is 0.294 e. The van der Waals surface area contributed by atoms with Gasteiger partial charge in [0.05, 0.1) is 6.61 Å². The van der Waals surface area contributed by atoms with Crippen LogP contribution in [-0.2, 0) is 9.63 Å².